The molecule has 0 aromatic heterocycles. The monoisotopic (exact) mass is 244 g/mol. The van der Waals surface area contributed by atoms with Crippen LogP contribution >= 0.6 is 0 Å². The molecular formula is C16H24N2. The van der Waals surface area contributed by atoms with Crippen molar-refractivity contribution < 1.29 is 0 Å². The maximum absolute atomic E-state index is 3.67. The minimum absolute atomic E-state index is 0.762. The van der Waals surface area contributed by atoms with Crippen molar-refractivity contribution in [3.63, 3.8) is 0 Å². The van der Waals surface area contributed by atoms with Gasteiger partial charge in [0.1, 0.15) is 0 Å². The van der Waals surface area contributed by atoms with Gasteiger partial charge in [-0.2, -0.15) is 0 Å². The van der Waals surface area contributed by atoms with E-state index in [4.69, 9.17) is 0 Å². The maximum Gasteiger partial charge on any atom is 0.0146 e. The summed E-state index contributed by atoms with van der Waals surface area (Å²) in [5.41, 5.74) is 3.30. The number of hydrogen-bond acceptors (Lipinski definition) is 2. The fourth-order valence-corrected chi connectivity index (χ4v) is 3.67. The molecule has 2 N–H and O–H groups in total. The van der Waals surface area contributed by atoms with Gasteiger partial charge in [0.05, 0.1) is 0 Å². The van der Waals surface area contributed by atoms with Crippen molar-refractivity contribution in [3.8, 4) is 0 Å². The Balaban J connectivity index is 1.31. The molecule has 0 aromatic carbocycles. The van der Waals surface area contributed by atoms with Crippen molar-refractivity contribution in [1.29, 1.82) is 0 Å². The molecule has 0 aromatic rings. The lowest BCUT2D eigenvalue weighted by molar-refractivity contribution is 0.294. The molecule has 0 radical (unpaired) electrons. The first kappa shape index (κ1) is 11.1. The van der Waals surface area contributed by atoms with E-state index in [0.29, 0.717) is 0 Å². The van der Waals surface area contributed by atoms with Gasteiger partial charge in [0.2, 0.25) is 0 Å². The second-order valence-electron chi connectivity index (χ2n) is 6.60. The molecular weight excluding hydrogens is 220 g/mol. The van der Waals surface area contributed by atoms with Crippen LogP contribution in [0.3, 0.4) is 0 Å². The van der Waals surface area contributed by atoms with Crippen molar-refractivity contribution in [2.45, 2.75) is 32.1 Å². The summed E-state index contributed by atoms with van der Waals surface area (Å²) in [7, 11) is 0. The summed E-state index contributed by atoms with van der Waals surface area (Å²) in [6, 6.07) is 0. The molecule has 0 spiro atoms. The van der Waals surface area contributed by atoms with Crippen LogP contribution in [0.2, 0.25) is 0 Å². The van der Waals surface area contributed by atoms with Crippen LogP contribution in [0.4, 0.5) is 0 Å². The van der Waals surface area contributed by atoms with Crippen LogP contribution in [-0.2, 0) is 0 Å². The summed E-state index contributed by atoms with van der Waals surface area (Å²) in [5, 5.41) is 7.06. The van der Waals surface area contributed by atoms with E-state index in [9.17, 15) is 0 Å². The first-order valence-corrected chi connectivity index (χ1v) is 7.77. The average Bonchev–Trinajstić information content (AvgIpc) is 3.08. The predicted octanol–water partition coefficient (Wildman–Crippen LogP) is 2.45. The van der Waals surface area contributed by atoms with E-state index in [1.807, 2.05) is 0 Å². The van der Waals surface area contributed by atoms with Gasteiger partial charge in [-0.05, 0) is 31.1 Å². The first-order valence-electron chi connectivity index (χ1n) is 7.77. The second-order valence-corrected chi connectivity index (χ2v) is 6.60. The van der Waals surface area contributed by atoms with E-state index in [1.165, 1.54) is 57.4 Å². The van der Waals surface area contributed by atoms with Crippen molar-refractivity contribution in [2.75, 3.05) is 19.6 Å². The molecule has 0 bridgehead atoms. The Morgan fingerprint density at radius 1 is 1.17 bits per heavy atom. The summed E-state index contributed by atoms with van der Waals surface area (Å²) in [6.07, 6.45) is 12.1. The Hall–Kier alpha value is -0.760. The summed E-state index contributed by atoms with van der Waals surface area (Å²) in [4.78, 5) is 0. The van der Waals surface area contributed by atoms with Crippen LogP contribution in [0, 0.1) is 23.7 Å². The van der Waals surface area contributed by atoms with E-state index in [1.54, 1.807) is 5.57 Å². The molecule has 1 aliphatic heterocycles. The van der Waals surface area contributed by atoms with Crippen molar-refractivity contribution in [1.82, 2.24) is 10.6 Å². The van der Waals surface area contributed by atoms with E-state index in [2.05, 4.69) is 22.8 Å². The molecule has 18 heavy (non-hydrogen) atoms. The van der Waals surface area contributed by atoms with Gasteiger partial charge in [0.15, 0.2) is 0 Å². The smallest absolute Gasteiger partial charge is 0.0146 e. The minimum Gasteiger partial charge on any atom is -0.389 e. The van der Waals surface area contributed by atoms with E-state index in [0.717, 1.165) is 23.7 Å². The van der Waals surface area contributed by atoms with Gasteiger partial charge >= 0.3 is 0 Å². The first-order chi connectivity index (χ1) is 8.90. The molecule has 2 atom stereocenters. The van der Waals surface area contributed by atoms with Crippen LogP contribution < -0.4 is 10.6 Å². The van der Waals surface area contributed by atoms with Gasteiger partial charge in [0, 0.05) is 37.2 Å². The molecule has 2 fully saturated rings. The number of fused-ring (bicyclic) bond motifs is 1. The Morgan fingerprint density at radius 2 is 2.06 bits per heavy atom. The lowest BCUT2D eigenvalue weighted by Gasteiger charge is -2.45. The molecule has 2 heteroatoms. The fourth-order valence-electron chi connectivity index (χ4n) is 3.67. The maximum atomic E-state index is 3.67. The lowest BCUT2D eigenvalue weighted by atomic mass is 9.64. The van der Waals surface area contributed by atoms with Crippen LogP contribution in [0.1, 0.15) is 32.1 Å². The third-order valence-electron chi connectivity index (χ3n) is 5.25. The molecule has 2 nitrogen and oxygen atoms in total. The van der Waals surface area contributed by atoms with E-state index < -0.39 is 0 Å². The highest BCUT2D eigenvalue weighted by atomic mass is 15.0. The van der Waals surface area contributed by atoms with Crippen molar-refractivity contribution in [2.24, 2.45) is 23.7 Å². The number of allylic oxidation sites excluding steroid dienone is 3. The second kappa shape index (κ2) is 4.41. The molecule has 4 aliphatic rings. The molecule has 3 aliphatic carbocycles. The van der Waals surface area contributed by atoms with Gasteiger partial charge in [-0.15, -0.1) is 0 Å². The largest absolute Gasteiger partial charge is 0.389 e. The summed E-state index contributed by atoms with van der Waals surface area (Å²) in [6.45, 7) is 3.66. The van der Waals surface area contributed by atoms with E-state index >= 15 is 0 Å². The van der Waals surface area contributed by atoms with Gasteiger partial charge in [0.25, 0.3) is 0 Å². The third-order valence-corrected chi connectivity index (χ3v) is 5.25. The number of nitrogens with one attached hydrogen (secondary N) is 2. The predicted molar refractivity (Wildman–Crippen MR) is 74.1 cm³/mol. The Morgan fingerprint density at radius 3 is 2.72 bits per heavy atom. The van der Waals surface area contributed by atoms with Crippen LogP contribution in [-0.4, -0.2) is 19.6 Å². The average molecular weight is 244 g/mol. The molecule has 1 saturated heterocycles. The molecule has 1 saturated carbocycles. The summed E-state index contributed by atoms with van der Waals surface area (Å²) in [5.74, 6) is 3.59. The zero-order valence-corrected chi connectivity index (χ0v) is 11.1. The van der Waals surface area contributed by atoms with Crippen LogP contribution in [0.25, 0.3) is 0 Å². The standard InChI is InChI=1S/C16H24N2/c1-2-11(1)5-6-18-14-3-4-15-12(7-14)8-16(15)13-9-17-10-13/h7-8,11-13,15,17-18H,1-6,9-10H2/t12?,15-/m1/s1. The van der Waals surface area contributed by atoms with E-state index in [-0.39, 0.29) is 0 Å². The van der Waals surface area contributed by atoms with Gasteiger partial charge in [-0.1, -0.05) is 30.6 Å². The SMILES string of the molecule is C1=C(NCCC2CC2)CC[C@H]2C(C3CNC3)=CC12. The van der Waals surface area contributed by atoms with Crippen LogP contribution in [0.15, 0.2) is 23.4 Å². The topological polar surface area (TPSA) is 24.1 Å². The fraction of sp³-hybridized carbons (Fsp3) is 0.750. The highest BCUT2D eigenvalue weighted by molar-refractivity contribution is 5.34. The molecule has 98 valence electrons. The van der Waals surface area contributed by atoms with Gasteiger partial charge in [-0.3, -0.25) is 0 Å². The molecule has 4 rings (SSSR count). The van der Waals surface area contributed by atoms with Crippen molar-refractivity contribution >= 4 is 0 Å². The minimum atomic E-state index is 0.762. The third kappa shape index (κ3) is 2.01. The van der Waals surface area contributed by atoms with Gasteiger partial charge < -0.3 is 10.6 Å². The highest BCUT2D eigenvalue weighted by Gasteiger charge is 2.39. The normalized spacial score (nSPS) is 34.9. The number of rotatable bonds is 5. The van der Waals surface area contributed by atoms with Crippen molar-refractivity contribution in [3.05, 3.63) is 23.4 Å². The Kier molecular flexibility index (Phi) is 2.72. The van der Waals surface area contributed by atoms with Gasteiger partial charge in [-0.25, -0.2) is 0 Å². The molecule has 1 unspecified atom stereocenters. The summed E-state index contributed by atoms with van der Waals surface area (Å²) < 4.78 is 0. The molecule has 0 amide bonds. The zero-order chi connectivity index (χ0) is 11.9. The lowest BCUT2D eigenvalue weighted by Crippen LogP contribution is -2.47. The Labute approximate surface area is 110 Å². The molecule has 1 heterocycles. The Bertz CT molecular complexity index is 388. The summed E-state index contributed by atoms with van der Waals surface area (Å²) >= 11 is 0. The highest BCUT2D eigenvalue weighted by Crippen LogP contribution is 2.46. The number of hydrogen-bond donors (Lipinski definition) is 2. The quantitative estimate of drug-likeness (QED) is 0.726. The zero-order valence-electron chi connectivity index (χ0n) is 11.1. The van der Waals surface area contributed by atoms with Crippen LogP contribution in [0.5, 0.6) is 0 Å².